The van der Waals surface area contributed by atoms with Crippen LogP contribution in [0.5, 0.6) is 5.75 Å². The van der Waals surface area contributed by atoms with E-state index in [9.17, 15) is 24.3 Å². The normalized spacial score (nSPS) is 10.3. The Morgan fingerprint density at radius 2 is 1.03 bits per heavy atom. The summed E-state index contributed by atoms with van der Waals surface area (Å²) < 4.78 is 0. The molecule has 0 saturated heterocycles. The van der Waals surface area contributed by atoms with Gasteiger partial charge in [-0.25, -0.2) is 9.97 Å². The number of aromatic nitrogens is 2. The largest absolute Gasteiger partial charge is 0.508 e. The minimum absolute atomic E-state index is 0.0147. The highest BCUT2D eigenvalue weighted by atomic mass is 16.3. The van der Waals surface area contributed by atoms with E-state index in [1.165, 1.54) is 18.2 Å². The summed E-state index contributed by atoms with van der Waals surface area (Å²) in [4.78, 5) is 57.6. The van der Waals surface area contributed by atoms with Crippen LogP contribution < -0.4 is 21.3 Å². The number of carbonyl (C=O) groups excluding carboxylic acids is 4. The summed E-state index contributed by atoms with van der Waals surface area (Å²) in [5.41, 5.74) is 0.0295. The standard InChI is InChI=1S/C26H28N6O5/c1-3-7-23(34)29-19-9-5-11-21(27-19)31-25(36)16-13-17(15-18(33)14-16)26(37)32-22-12-6-10-20(28-22)30-24(35)8-4-2/h5-6,9-15,33H,3-4,7-8H2,1-2H3,(H2,27,29,31,34,36)(H2,28,30,32,35,37). The molecule has 2 heterocycles. The Bertz CT molecular complexity index is 1210. The van der Waals surface area contributed by atoms with Gasteiger partial charge in [-0.05, 0) is 55.3 Å². The third-order valence-electron chi connectivity index (χ3n) is 4.91. The molecule has 1 aromatic carbocycles. The predicted octanol–water partition coefficient (Wildman–Crippen LogP) is 4.16. The van der Waals surface area contributed by atoms with Crippen molar-refractivity contribution in [2.75, 3.05) is 21.3 Å². The van der Waals surface area contributed by atoms with Gasteiger partial charge in [0.1, 0.15) is 29.0 Å². The summed E-state index contributed by atoms with van der Waals surface area (Å²) in [6.07, 6.45) is 2.07. The van der Waals surface area contributed by atoms with Crippen molar-refractivity contribution in [3.05, 3.63) is 65.7 Å². The molecule has 4 amide bonds. The zero-order valence-electron chi connectivity index (χ0n) is 20.5. The summed E-state index contributed by atoms with van der Waals surface area (Å²) in [5, 5.41) is 20.6. The number of rotatable bonds is 10. The number of hydrogen-bond acceptors (Lipinski definition) is 7. The third-order valence-corrected chi connectivity index (χ3v) is 4.91. The first-order valence-electron chi connectivity index (χ1n) is 11.8. The molecule has 2 aromatic heterocycles. The van der Waals surface area contributed by atoms with E-state index in [0.29, 0.717) is 25.7 Å². The van der Waals surface area contributed by atoms with Crippen LogP contribution in [0.25, 0.3) is 0 Å². The van der Waals surface area contributed by atoms with Gasteiger partial charge in [-0.15, -0.1) is 0 Å². The van der Waals surface area contributed by atoms with Gasteiger partial charge in [0.2, 0.25) is 11.8 Å². The van der Waals surface area contributed by atoms with Gasteiger partial charge < -0.3 is 26.4 Å². The van der Waals surface area contributed by atoms with Gasteiger partial charge >= 0.3 is 0 Å². The van der Waals surface area contributed by atoms with Crippen LogP contribution in [0.1, 0.15) is 60.2 Å². The van der Waals surface area contributed by atoms with Crippen molar-refractivity contribution in [1.82, 2.24) is 9.97 Å². The molecule has 3 rings (SSSR count). The molecule has 37 heavy (non-hydrogen) atoms. The van der Waals surface area contributed by atoms with Crippen LogP contribution in [0.2, 0.25) is 0 Å². The highest BCUT2D eigenvalue weighted by Crippen LogP contribution is 2.19. The summed E-state index contributed by atoms with van der Waals surface area (Å²) in [6.45, 7) is 3.77. The summed E-state index contributed by atoms with van der Waals surface area (Å²) in [7, 11) is 0. The molecule has 0 aliphatic rings. The number of pyridine rings is 2. The second kappa shape index (κ2) is 12.8. The van der Waals surface area contributed by atoms with E-state index in [1.54, 1.807) is 36.4 Å². The molecule has 0 radical (unpaired) electrons. The lowest BCUT2D eigenvalue weighted by molar-refractivity contribution is -0.117. The second-order valence-electron chi connectivity index (χ2n) is 8.09. The van der Waals surface area contributed by atoms with Gasteiger partial charge in [-0.2, -0.15) is 0 Å². The molecule has 3 aromatic rings. The molecular formula is C26H28N6O5. The van der Waals surface area contributed by atoms with Crippen LogP contribution in [0.3, 0.4) is 0 Å². The van der Waals surface area contributed by atoms with Crippen molar-refractivity contribution in [2.45, 2.75) is 39.5 Å². The van der Waals surface area contributed by atoms with Crippen LogP contribution in [-0.2, 0) is 9.59 Å². The first-order valence-corrected chi connectivity index (χ1v) is 11.8. The number of carbonyl (C=O) groups is 4. The monoisotopic (exact) mass is 504 g/mol. The average molecular weight is 505 g/mol. The number of phenols is 1. The maximum absolute atomic E-state index is 12.8. The molecule has 0 atom stereocenters. The Labute approximate surface area is 213 Å². The fourth-order valence-electron chi connectivity index (χ4n) is 3.26. The molecule has 0 aliphatic heterocycles. The summed E-state index contributed by atoms with van der Waals surface area (Å²) in [6, 6.07) is 13.3. The summed E-state index contributed by atoms with van der Waals surface area (Å²) in [5.74, 6) is -0.974. The number of amides is 4. The zero-order chi connectivity index (χ0) is 26.8. The highest BCUT2D eigenvalue weighted by Gasteiger charge is 2.15. The SMILES string of the molecule is CCCC(=O)Nc1cccc(NC(=O)c2cc(O)cc(C(=O)Nc3cccc(NC(=O)CCC)n3)c2)n1. The van der Waals surface area contributed by atoms with Crippen LogP contribution in [-0.4, -0.2) is 38.7 Å². The van der Waals surface area contributed by atoms with E-state index in [0.717, 1.165) is 0 Å². The fourth-order valence-corrected chi connectivity index (χ4v) is 3.26. The Balaban J connectivity index is 1.71. The van der Waals surface area contributed by atoms with E-state index < -0.39 is 11.8 Å². The van der Waals surface area contributed by atoms with Crippen molar-refractivity contribution in [2.24, 2.45) is 0 Å². The van der Waals surface area contributed by atoms with E-state index in [2.05, 4.69) is 31.2 Å². The van der Waals surface area contributed by atoms with Gasteiger partial charge in [-0.1, -0.05) is 26.0 Å². The molecule has 11 nitrogen and oxygen atoms in total. The number of hydrogen-bond donors (Lipinski definition) is 5. The first kappa shape index (κ1) is 26.8. The van der Waals surface area contributed by atoms with Gasteiger partial charge in [0.25, 0.3) is 11.8 Å². The maximum Gasteiger partial charge on any atom is 0.256 e. The van der Waals surface area contributed by atoms with Crippen LogP contribution in [0, 0.1) is 0 Å². The smallest absolute Gasteiger partial charge is 0.256 e. The minimum atomic E-state index is -0.617. The number of anilines is 4. The molecule has 5 N–H and O–H groups in total. The van der Waals surface area contributed by atoms with Crippen molar-refractivity contribution in [1.29, 1.82) is 0 Å². The molecule has 0 saturated carbocycles. The van der Waals surface area contributed by atoms with Crippen LogP contribution in [0.15, 0.2) is 54.6 Å². The Morgan fingerprint density at radius 3 is 1.41 bits per heavy atom. The van der Waals surface area contributed by atoms with E-state index >= 15 is 0 Å². The van der Waals surface area contributed by atoms with Crippen molar-refractivity contribution < 1.29 is 24.3 Å². The number of nitrogens with zero attached hydrogens (tertiary/aromatic N) is 2. The van der Waals surface area contributed by atoms with E-state index in [1.807, 2.05) is 13.8 Å². The molecule has 192 valence electrons. The molecule has 0 spiro atoms. The number of nitrogens with one attached hydrogen (secondary N) is 4. The summed E-state index contributed by atoms with van der Waals surface area (Å²) >= 11 is 0. The van der Waals surface area contributed by atoms with Gasteiger partial charge in [0, 0.05) is 24.0 Å². The second-order valence-corrected chi connectivity index (χ2v) is 8.09. The quantitative estimate of drug-likeness (QED) is 0.277. The lowest BCUT2D eigenvalue weighted by Crippen LogP contribution is -2.18. The average Bonchev–Trinajstić information content (AvgIpc) is 2.84. The predicted molar refractivity (Wildman–Crippen MR) is 140 cm³/mol. The minimum Gasteiger partial charge on any atom is -0.508 e. The van der Waals surface area contributed by atoms with Gasteiger partial charge in [0.15, 0.2) is 0 Å². The molecule has 11 heteroatoms. The molecule has 0 fully saturated rings. The Kier molecular flexibility index (Phi) is 9.25. The van der Waals surface area contributed by atoms with Crippen LogP contribution in [0.4, 0.5) is 23.3 Å². The van der Waals surface area contributed by atoms with Gasteiger partial charge in [-0.3, -0.25) is 19.2 Å². The number of benzene rings is 1. The van der Waals surface area contributed by atoms with Crippen molar-refractivity contribution >= 4 is 46.9 Å². The fraction of sp³-hybridized carbons (Fsp3) is 0.231. The van der Waals surface area contributed by atoms with Crippen molar-refractivity contribution in [3.8, 4) is 5.75 Å². The highest BCUT2D eigenvalue weighted by molar-refractivity contribution is 6.09. The molecular weight excluding hydrogens is 476 g/mol. The third kappa shape index (κ3) is 8.13. The molecule has 0 aliphatic carbocycles. The topological polar surface area (TPSA) is 162 Å². The number of phenolic OH excluding ortho intramolecular Hbond substituents is 1. The molecule has 0 bridgehead atoms. The first-order chi connectivity index (χ1) is 17.8. The lowest BCUT2D eigenvalue weighted by atomic mass is 10.1. The van der Waals surface area contributed by atoms with Gasteiger partial charge in [0.05, 0.1) is 0 Å². The maximum atomic E-state index is 12.8. The van der Waals surface area contributed by atoms with E-state index in [-0.39, 0.29) is 52.0 Å². The van der Waals surface area contributed by atoms with Crippen LogP contribution >= 0.6 is 0 Å². The van der Waals surface area contributed by atoms with E-state index in [4.69, 9.17) is 0 Å². The number of aromatic hydroxyl groups is 1. The lowest BCUT2D eigenvalue weighted by Gasteiger charge is -2.10. The Hall–Kier alpha value is -4.80. The Morgan fingerprint density at radius 1 is 0.649 bits per heavy atom. The molecule has 0 unspecified atom stereocenters. The zero-order valence-corrected chi connectivity index (χ0v) is 20.5. The van der Waals surface area contributed by atoms with Crippen molar-refractivity contribution in [3.63, 3.8) is 0 Å².